The Morgan fingerprint density at radius 3 is 1.90 bits per heavy atom. The van der Waals surface area contributed by atoms with Crippen LogP contribution in [-0.2, 0) is 25.8 Å². The minimum absolute atomic E-state index is 0.0124. The molecule has 1 aliphatic rings. The highest BCUT2D eigenvalue weighted by molar-refractivity contribution is 6.13. The van der Waals surface area contributed by atoms with Crippen molar-refractivity contribution >= 4 is 51.5 Å². The molecule has 2 heterocycles. The predicted octanol–water partition coefficient (Wildman–Crippen LogP) is 3.81. The number of carboxylic acid groups (broad SMARTS) is 1. The van der Waals surface area contributed by atoms with E-state index in [0.717, 1.165) is 0 Å². The summed E-state index contributed by atoms with van der Waals surface area (Å²) in [4.78, 5) is 66.4. The number of aryl methyl sites for hydroxylation is 3. The number of imide groups is 1. The Kier molecular flexibility index (Phi) is 7.00. The number of nitrogens with zero attached hydrogens (tertiary/aromatic N) is 2. The minimum atomic E-state index is -0.930. The van der Waals surface area contributed by atoms with Crippen LogP contribution in [0, 0.1) is 13.8 Å². The molecule has 1 N–H and O–H groups in total. The van der Waals surface area contributed by atoms with E-state index in [1.807, 2.05) is 28.8 Å². The normalized spacial score (nSPS) is 13.2. The van der Waals surface area contributed by atoms with Crippen molar-refractivity contribution in [3.05, 3.63) is 82.9 Å². The molecule has 0 saturated carbocycles. The van der Waals surface area contributed by atoms with Gasteiger partial charge in [0, 0.05) is 25.0 Å². The van der Waals surface area contributed by atoms with E-state index < -0.39 is 29.7 Å². The third-order valence-electron chi connectivity index (χ3n) is 6.75. The Balaban J connectivity index is 1.51. The molecule has 1 aliphatic heterocycles. The zero-order chi connectivity index (χ0) is 28.6. The lowest BCUT2D eigenvalue weighted by atomic mass is 10.0. The van der Waals surface area contributed by atoms with Crippen LogP contribution >= 0.6 is 0 Å². The zero-order valence-electron chi connectivity index (χ0n) is 21.8. The molecule has 5 rings (SSSR count). The van der Waals surface area contributed by atoms with Gasteiger partial charge in [-0.3, -0.25) is 14.4 Å². The molecule has 0 radical (unpaired) electrons. The number of carboxylic acids is 1. The zero-order valence-corrected chi connectivity index (χ0v) is 21.8. The summed E-state index contributed by atoms with van der Waals surface area (Å²) in [6.07, 6.45) is -0.112. The summed E-state index contributed by atoms with van der Waals surface area (Å²) in [5, 5.41) is 11.0. The number of aliphatic carboxylic acids is 1. The first-order valence-corrected chi connectivity index (χ1v) is 12.6. The van der Waals surface area contributed by atoms with Gasteiger partial charge in [-0.1, -0.05) is 24.3 Å². The van der Waals surface area contributed by atoms with Crippen LogP contribution < -0.4 is 9.30 Å². The predicted molar refractivity (Wildman–Crippen MR) is 141 cm³/mol. The molecule has 2 amide bonds. The van der Waals surface area contributed by atoms with Gasteiger partial charge >= 0.3 is 17.9 Å². The number of benzene rings is 3. The van der Waals surface area contributed by atoms with Gasteiger partial charge in [0.1, 0.15) is 12.2 Å². The molecule has 0 atom stereocenters. The van der Waals surface area contributed by atoms with Crippen molar-refractivity contribution < 1.29 is 43.2 Å². The smallest absolute Gasteiger partial charge is 0.363 e. The lowest BCUT2D eigenvalue weighted by molar-refractivity contribution is -0.644. The Hall–Kier alpha value is -5.12. The van der Waals surface area contributed by atoms with Crippen molar-refractivity contribution in [2.24, 2.45) is 0 Å². The summed E-state index contributed by atoms with van der Waals surface area (Å²) in [7, 11) is 0. The molecule has 1 aromatic heterocycles. The number of para-hydroxylation sites is 2. The van der Waals surface area contributed by atoms with Gasteiger partial charge in [0.05, 0.1) is 21.9 Å². The van der Waals surface area contributed by atoms with E-state index in [0.29, 0.717) is 43.6 Å². The largest absolute Gasteiger partial charge is 0.481 e. The van der Waals surface area contributed by atoms with Gasteiger partial charge in [-0.05, 0) is 49.2 Å². The van der Waals surface area contributed by atoms with Gasteiger partial charge in [0.25, 0.3) is 11.8 Å². The Bertz CT molecular complexity index is 1650. The highest BCUT2D eigenvalue weighted by atomic mass is 16.7. The highest BCUT2D eigenvalue weighted by Crippen LogP contribution is 2.30. The molecule has 40 heavy (non-hydrogen) atoms. The fraction of sp³-hybridized carbons (Fsp3) is 0.200. The number of carbonyl (C=O) groups excluding carboxylic acids is 4. The first-order valence-electron chi connectivity index (χ1n) is 12.6. The van der Waals surface area contributed by atoms with E-state index in [1.54, 1.807) is 38.1 Å². The maximum Gasteiger partial charge on any atom is 0.363 e. The number of carbonyl (C=O) groups is 5. The van der Waals surface area contributed by atoms with E-state index in [-0.39, 0.29) is 37.1 Å². The number of hydroxylamine groups is 2. The van der Waals surface area contributed by atoms with Crippen molar-refractivity contribution in [1.82, 2.24) is 5.06 Å². The van der Waals surface area contributed by atoms with Crippen molar-refractivity contribution in [1.29, 1.82) is 0 Å². The number of fused-ring (bicyclic) bond motifs is 2. The van der Waals surface area contributed by atoms with Crippen LogP contribution in [0.25, 0.3) is 21.8 Å². The second-order valence-corrected chi connectivity index (χ2v) is 9.49. The van der Waals surface area contributed by atoms with Gasteiger partial charge in [0.2, 0.25) is 11.0 Å². The Labute approximate surface area is 228 Å². The summed E-state index contributed by atoms with van der Waals surface area (Å²) in [5.74, 6) is -3.33. The number of hydrogen-bond donors (Lipinski definition) is 1. The van der Waals surface area contributed by atoms with Gasteiger partial charge in [-0.25, -0.2) is 9.59 Å². The topological polar surface area (TPSA) is 131 Å². The van der Waals surface area contributed by atoms with Crippen LogP contribution in [0.4, 0.5) is 0 Å². The molecule has 1 fully saturated rings. The molecule has 10 heteroatoms. The van der Waals surface area contributed by atoms with Gasteiger partial charge in [0.15, 0.2) is 6.54 Å². The Morgan fingerprint density at radius 2 is 1.38 bits per heavy atom. The summed E-state index contributed by atoms with van der Waals surface area (Å²) in [6, 6.07) is 17.4. The number of ether oxygens (including phenoxy) is 1. The lowest BCUT2D eigenvalue weighted by Gasteiger charge is -2.16. The summed E-state index contributed by atoms with van der Waals surface area (Å²) in [5.41, 5.74) is 2.74. The molecule has 0 unspecified atom stereocenters. The number of rotatable bonds is 7. The standard InChI is InChI=1S/C30H24N2O8/c1-17-15-19(29(37)40-32-24(33)11-12-25(32)34)16-18(2)28(17)39-30(38)27-20-7-3-5-9-22(20)31(14-13-26(35)36)23-10-6-4-8-21(23)27/h3-10,15-16H,11-14H2,1-2H3/p+1. The third-order valence-corrected chi connectivity index (χ3v) is 6.75. The molecule has 0 aliphatic carbocycles. The molecule has 0 spiro atoms. The van der Waals surface area contributed by atoms with Crippen LogP contribution in [0.1, 0.15) is 51.1 Å². The van der Waals surface area contributed by atoms with E-state index in [1.165, 1.54) is 12.1 Å². The summed E-state index contributed by atoms with van der Waals surface area (Å²) < 4.78 is 7.78. The molecule has 202 valence electrons. The van der Waals surface area contributed by atoms with E-state index in [2.05, 4.69) is 0 Å². The van der Waals surface area contributed by atoms with Crippen LogP contribution in [0.5, 0.6) is 5.75 Å². The lowest BCUT2D eigenvalue weighted by Crippen LogP contribution is -2.37. The maximum absolute atomic E-state index is 13.7. The molecule has 0 bridgehead atoms. The van der Waals surface area contributed by atoms with Gasteiger partial charge in [-0.15, -0.1) is 5.06 Å². The van der Waals surface area contributed by atoms with Crippen molar-refractivity contribution in [3.63, 3.8) is 0 Å². The number of esters is 1. The van der Waals surface area contributed by atoms with E-state index in [9.17, 15) is 29.1 Å². The van der Waals surface area contributed by atoms with Crippen molar-refractivity contribution in [2.45, 2.75) is 39.7 Å². The fourth-order valence-electron chi connectivity index (χ4n) is 4.95. The third kappa shape index (κ3) is 4.86. The number of aromatic nitrogens is 1. The van der Waals surface area contributed by atoms with Crippen molar-refractivity contribution in [3.8, 4) is 5.75 Å². The van der Waals surface area contributed by atoms with E-state index in [4.69, 9.17) is 9.57 Å². The van der Waals surface area contributed by atoms with Crippen LogP contribution in [0.3, 0.4) is 0 Å². The van der Waals surface area contributed by atoms with Gasteiger partial charge in [-0.2, -0.15) is 4.57 Å². The second kappa shape index (κ2) is 10.6. The number of hydrogen-bond acceptors (Lipinski definition) is 7. The molecule has 3 aromatic carbocycles. The molecule has 4 aromatic rings. The highest BCUT2D eigenvalue weighted by Gasteiger charge is 2.33. The number of amides is 2. The average Bonchev–Trinajstić information content (AvgIpc) is 3.24. The molecule has 10 nitrogen and oxygen atoms in total. The Morgan fingerprint density at radius 1 is 0.850 bits per heavy atom. The minimum Gasteiger partial charge on any atom is -0.481 e. The summed E-state index contributed by atoms with van der Waals surface area (Å²) >= 11 is 0. The molecular weight excluding hydrogens is 516 g/mol. The summed E-state index contributed by atoms with van der Waals surface area (Å²) in [6.45, 7) is 3.55. The molecular formula is C30H25N2O8+. The first-order chi connectivity index (χ1) is 19.2. The monoisotopic (exact) mass is 541 g/mol. The first kappa shape index (κ1) is 26.5. The molecule has 1 saturated heterocycles. The maximum atomic E-state index is 13.7. The van der Waals surface area contributed by atoms with E-state index >= 15 is 0 Å². The second-order valence-electron chi connectivity index (χ2n) is 9.49. The quantitative estimate of drug-likeness (QED) is 0.123. The average molecular weight is 542 g/mol. The van der Waals surface area contributed by atoms with Crippen LogP contribution in [-0.4, -0.2) is 39.9 Å². The number of pyridine rings is 1. The SMILES string of the molecule is Cc1cc(C(=O)ON2C(=O)CCC2=O)cc(C)c1OC(=O)c1c2ccccc2[n+](CCC(=O)O)c2ccccc12. The van der Waals surface area contributed by atoms with Gasteiger partial charge < -0.3 is 14.7 Å². The van der Waals surface area contributed by atoms with Crippen LogP contribution in [0.15, 0.2) is 60.7 Å². The van der Waals surface area contributed by atoms with Crippen molar-refractivity contribution in [2.75, 3.05) is 0 Å². The fourth-order valence-corrected chi connectivity index (χ4v) is 4.95. The van der Waals surface area contributed by atoms with Crippen LogP contribution in [0.2, 0.25) is 0 Å².